The van der Waals surface area contributed by atoms with E-state index in [-0.39, 0.29) is 6.04 Å². The number of carboxylic acid groups (broad SMARTS) is 1. The topological polar surface area (TPSA) is 40.5 Å². The molecule has 3 heteroatoms. The molecule has 3 nitrogen and oxygen atoms in total. The Morgan fingerprint density at radius 2 is 1.81 bits per heavy atom. The molecule has 2 aliphatic carbocycles. The molecule has 5 atom stereocenters. The van der Waals surface area contributed by atoms with Gasteiger partial charge < -0.3 is 5.11 Å². The van der Waals surface area contributed by atoms with Gasteiger partial charge in [0.2, 0.25) is 0 Å². The Bertz CT molecular complexity index is 381. The highest BCUT2D eigenvalue weighted by atomic mass is 16.4. The van der Waals surface area contributed by atoms with Crippen LogP contribution in [-0.2, 0) is 4.79 Å². The number of aliphatic carboxylic acids is 1. The molecule has 1 aliphatic heterocycles. The maximum absolute atomic E-state index is 11.8. The summed E-state index contributed by atoms with van der Waals surface area (Å²) in [6, 6.07) is 0.894. The number of carbonyl (C=O) groups is 1. The summed E-state index contributed by atoms with van der Waals surface area (Å²) >= 11 is 0. The van der Waals surface area contributed by atoms with Crippen molar-refractivity contribution in [3.05, 3.63) is 0 Å². The molecule has 1 saturated heterocycles. The van der Waals surface area contributed by atoms with Crippen molar-refractivity contribution in [2.75, 3.05) is 0 Å². The van der Waals surface area contributed by atoms with E-state index in [0.717, 1.165) is 18.3 Å². The van der Waals surface area contributed by atoms with E-state index in [1.165, 1.54) is 51.4 Å². The van der Waals surface area contributed by atoms with Crippen LogP contribution < -0.4 is 0 Å². The fourth-order valence-electron chi connectivity index (χ4n) is 5.33. The lowest BCUT2D eigenvalue weighted by atomic mass is 9.78. The molecule has 5 unspecified atom stereocenters. The molecule has 0 spiro atoms. The second-order valence-corrected chi connectivity index (χ2v) is 7.97. The SMILES string of the molecule is CC(C)C1CCCC(N2C(C(=O)O)CC3CCCCC32)C1. The minimum atomic E-state index is -0.573. The normalized spacial score (nSPS) is 41.2. The van der Waals surface area contributed by atoms with Gasteiger partial charge in [-0.15, -0.1) is 0 Å². The molecule has 3 fully saturated rings. The van der Waals surface area contributed by atoms with Crippen molar-refractivity contribution in [2.45, 2.75) is 89.8 Å². The first-order chi connectivity index (χ1) is 10.1. The summed E-state index contributed by atoms with van der Waals surface area (Å²) in [5.41, 5.74) is 0. The molecule has 120 valence electrons. The second kappa shape index (κ2) is 6.28. The first-order valence-corrected chi connectivity index (χ1v) is 9.08. The molecule has 3 aliphatic rings. The Hall–Kier alpha value is -0.570. The predicted molar refractivity (Wildman–Crippen MR) is 84.2 cm³/mol. The van der Waals surface area contributed by atoms with Crippen molar-refractivity contribution in [1.29, 1.82) is 0 Å². The fourth-order valence-corrected chi connectivity index (χ4v) is 5.33. The number of rotatable bonds is 3. The van der Waals surface area contributed by atoms with Gasteiger partial charge in [-0.25, -0.2) is 0 Å². The zero-order valence-corrected chi connectivity index (χ0v) is 13.6. The summed E-state index contributed by atoms with van der Waals surface area (Å²) in [6.45, 7) is 4.66. The second-order valence-electron chi connectivity index (χ2n) is 7.97. The van der Waals surface area contributed by atoms with Gasteiger partial charge in [0, 0.05) is 12.1 Å². The maximum atomic E-state index is 11.8. The van der Waals surface area contributed by atoms with Crippen LogP contribution >= 0.6 is 0 Å². The lowest BCUT2D eigenvalue weighted by molar-refractivity contribution is -0.144. The van der Waals surface area contributed by atoms with E-state index >= 15 is 0 Å². The third-order valence-corrected chi connectivity index (χ3v) is 6.47. The van der Waals surface area contributed by atoms with Gasteiger partial charge in [0.05, 0.1) is 0 Å². The van der Waals surface area contributed by atoms with Gasteiger partial charge in [0.15, 0.2) is 0 Å². The quantitative estimate of drug-likeness (QED) is 0.857. The summed E-state index contributed by atoms with van der Waals surface area (Å²) < 4.78 is 0. The number of fused-ring (bicyclic) bond motifs is 1. The minimum absolute atomic E-state index is 0.200. The van der Waals surface area contributed by atoms with Gasteiger partial charge in [0.25, 0.3) is 0 Å². The highest BCUT2D eigenvalue weighted by Crippen LogP contribution is 2.44. The van der Waals surface area contributed by atoms with Crippen molar-refractivity contribution >= 4 is 5.97 Å². The first-order valence-electron chi connectivity index (χ1n) is 9.08. The molecule has 0 bridgehead atoms. The zero-order chi connectivity index (χ0) is 15.0. The van der Waals surface area contributed by atoms with Gasteiger partial charge in [-0.1, -0.05) is 39.5 Å². The molecule has 2 saturated carbocycles. The number of carboxylic acids is 1. The highest BCUT2D eigenvalue weighted by Gasteiger charge is 2.48. The van der Waals surface area contributed by atoms with Crippen LogP contribution in [0.4, 0.5) is 0 Å². The van der Waals surface area contributed by atoms with E-state index < -0.39 is 5.97 Å². The Morgan fingerprint density at radius 3 is 2.52 bits per heavy atom. The Morgan fingerprint density at radius 1 is 1.05 bits per heavy atom. The number of hydrogen-bond acceptors (Lipinski definition) is 2. The van der Waals surface area contributed by atoms with E-state index in [1.807, 2.05) is 0 Å². The van der Waals surface area contributed by atoms with Gasteiger partial charge in [-0.2, -0.15) is 0 Å². The molecule has 3 rings (SSSR count). The number of likely N-dealkylation sites (tertiary alicyclic amines) is 1. The van der Waals surface area contributed by atoms with Crippen LogP contribution in [0.2, 0.25) is 0 Å². The summed E-state index contributed by atoms with van der Waals surface area (Å²) in [4.78, 5) is 14.2. The van der Waals surface area contributed by atoms with Crippen LogP contribution in [0.1, 0.15) is 71.6 Å². The molecule has 1 heterocycles. The molecular formula is C18H31NO2. The van der Waals surface area contributed by atoms with Crippen molar-refractivity contribution in [3.8, 4) is 0 Å². The third kappa shape index (κ3) is 2.99. The average Bonchev–Trinajstić information content (AvgIpc) is 2.87. The smallest absolute Gasteiger partial charge is 0.320 e. The fraction of sp³-hybridized carbons (Fsp3) is 0.944. The summed E-state index contributed by atoms with van der Waals surface area (Å²) in [6.07, 6.45) is 11.1. The van der Waals surface area contributed by atoms with Gasteiger partial charge in [-0.05, 0) is 49.9 Å². The van der Waals surface area contributed by atoms with E-state index in [4.69, 9.17) is 0 Å². The van der Waals surface area contributed by atoms with E-state index in [9.17, 15) is 9.90 Å². The Kier molecular flexibility index (Phi) is 4.58. The first kappa shape index (κ1) is 15.3. The van der Waals surface area contributed by atoms with Crippen molar-refractivity contribution < 1.29 is 9.90 Å². The number of hydrogen-bond donors (Lipinski definition) is 1. The van der Waals surface area contributed by atoms with Gasteiger partial charge >= 0.3 is 5.97 Å². The minimum Gasteiger partial charge on any atom is -0.480 e. The van der Waals surface area contributed by atoms with E-state index in [0.29, 0.717) is 18.0 Å². The lowest BCUT2D eigenvalue weighted by Crippen LogP contribution is -2.50. The summed E-state index contributed by atoms with van der Waals surface area (Å²) in [5, 5.41) is 9.69. The molecule has 0 amide bonds. The molecule has 0 aromatic carbocycles. The Labute approximate surface area is 129 Å². The average molecular weight is 293 g/mol. The van der Waals surface area contributed by atoms with Crippen molar-refractivity contribution in [3.63, 3.8) is 0 Å². The molecule has 0 aromatic rings. The molecule has 1 N–H and O–H groups in total. The Balaban J connectivity index is 1.77. The van der Waals surface area contributed by atoms with Crippen molar-refractivity contribution in [1.82, 2.24) is 4.90 Å². The van der Waals surface area contributed by atoms with E-state index in [2.05, 4.69) is 18.7 Å². The van der Waals surface area contributed by atoms with Crippen LogP contribution in [0.25, 0.3) is 0 Å². The lowest BCUT2D eigenvalue weighted by Gasteiger charge is -2.43. The van der Waals surface area contributed by atoms with Crippen LogP contribution in [0, 0.1) is 17.8 Å². The molecular weight excluding hydrogens is 262 g/mol. The maximum Gasteiger partial charge on any atom is 0.320 e. The van der Waals surface area contributed by atoms with Crippen LogP contribution in [-0.4, -0.2) is 34.1 Å². The van der Waals surface area contributed by atoms with Crippen LogP contribution in [0.3, 0.4) is 0 Å². The standard InChI is InChI=1S/C18H31NO2/c1-12(2)13-7-5-8-15(10-13)19-16-9-4-3-6-14(16)11-17(19)18(20)21/h12-17H,3-11H2,1-2H3,(H,20,21). The number of nitrogens with zero attached hydrogens (tertiary/aromatic N) is 1. The van der Waals surface area contributed by atoms with Gasteiger partial charge in [0.1, 0.15) is 6.04 Å². The predicted octanol–water partition coefficient (Wildman–Crippen LogP) is 3.92. The monoisotopic (exact) mass is 293 g/mol. The zero-order valence-electron chi connectivity index (χ0n) is 13.6. The van der Waals surface area contributed by atoms with E-state index in [1.54, 1.807) is 0 Å². The third-order valence-electron chi connectivity index (χ3n) is 6.47. The summed E-state index contributed by atoms with van der Waals surface area (Å²) in [5.74, 6) is 1.61. The molecule has 0 aromatic heterocycles. The summed E-state index contributed by atoms with van der Waals surface area (Å²) in [7, 11) is 0. The van der Waals surface area contributed by atoms with Crippen LogP contribution in [0.5, 0.6) is 0 Å². The molecule has 0 radical (unpaired) electrons. The van der Waals surface area contributed by atoms with Crippen molar-refractivity contribution in [2.24, 2.45) is 17.8 Å². The highest BCUT2D eigenvalue weighted by molar-refractivity contribution is 5.74. The molecule has 21 heavy (non-hydrogen) atoms. The largest absolute Gasteiger partial charge is 0.480 e. The van der Waals surface area contributed by atoms with Gasteiger partial charge in [-0.3, -0.25) is 9.69 Å². The van der Waals surface area contributed by atoms with Crippen LogP contribution in [0.15, 0.2) is 0 Å².